The summed E-state index contributed by atoms with van der Waals surface area (Å²) in [5, 5.41) is 0. The fourth-order valence-electron chi connectivity index (χ4n) is 2.07. The van der Waals surface area contributed by atoms with Crippen molar-refractivity contribution in [1.29, 1.82) is 0 Å². The summed E-state index contributed by atoms with van der Waals surface area (Å²) in [5.41, 5.74) is 0.904. The summed E-state index contributed by atoms with van der Waals surface area (Å²) in [4.78, 5) is -3.05. The first-order valence-corrected chi connectivity index (χ1v) is 9.91. The van der Waals surface area contributed by atoms with Crippen molar-refractivity contribution in [3.63, 3.8) is 0 Å². The zero-order valence-corrected chi connectivity index (χ0v) is 15.3. The molecule has 0 radical (unpaired) electrons. The van der Waals surface area contributed by atoms with Gasteiger partial charge in [-0.05, 0) is 24.1 Å². The topological polar surface area (TPSA) is 63.6 Å². The number of thioether (sulfide) groups is 1. The van der Waals surface area contributed by atoms with Crippen LogP contribution >= 0.6 is 11.8 Å². The molecule has 1 N–H and O–H groups in total. The number of ether oxygens (including phenoxy) is 1. The molecule has 27 heavy (non-hydrogen) atoms. The van der Waals surface area contributed by atoms with E-state index in [9.17, 15) is 26.0 Å². The van der Waals surface area contributed by atoms with E-state index >= 15 is 0 Å². The molecule has 0 unspecified atom stereocenters. The van der Waals surface area contributed by atoms with E-state index in [1.807, 2.05) is 0 Å². The van der Waals surface area contributed by atoms with Crippen LogP contribution < -0.4 is 4.74 Å². The molecule has 0 bridgehead atoms. The SMILES string of the molecule is C=Cc1ccc(OCCCSc2c(F)c(F)c(S(=O)(=O)O)c(F)c2F)cc1. The second-order valence-electron chi connectivity index (χ2n) is 5.21. The average Bonchev–Trinajstić information content (AvgIpc) is 2.62. The quantitative estimate of drug-likeness (QED) is 0.220. The van der Waals surface area contributed by atoms with E-state index in [-0.39, 0.29) is 18.8 Å². The summed E-state index contributed by atoms with van der Waals surface area (Å²) >= 11 is 0.463. The summed E-state index contributed by atoms with van der Waals surface area (Å²) in [6.07, 6.45) is 1.95. The second-order valence-corrected chi connectivity index (χ2v) is 7.68. The van der Waals surface area contributed by atoms with Gasteiger partial charge in [0.25, 0.3) is 0 Å². The van der Waals surface area contributed by atoms with Crippen molar-refractivity contribution in [3.05, 3.63) is 59.7 Å². The number of hydrogen-bond donors (Lipinski definition) is 1. The van der Waals surface area contributed by atoms with Crippen LogP contribution in [0.4, 0.5) is 17.6 Å². The van der Waals surface area contributed by atoms with Crippen LogP contribution in [0.15, 0.2) is 40.6 Å². The van der Waals surface area contributed by atoms with Gasteiger partial charge in [0.15, 0.2) is 28.2 Å². The summed E-state index contributed by atoms with van der Waals surface area (Å²) in [6.45, 7) is 3.79. The van der Waals surface area contributed by atoms with Gasteiger partial charge in [-0.15, -0.1) is 11.8 Å². The molecule has 0 aliphatic rings. The van der Waals surface area contributed by atoms with E-state index in [0.29, 0.717) is 17.5 Å². The van der Waals surface area contributed by atoms with Crippen LogP contribution in [0.2, 0.25) is 0 Å². The molecule has 0 aliphatic heterocycles. The minimum Gasteiger partial charge on any atom is -0.494 e. The standard InChI is InChI=1S/C17H14F4O4S2/c1-2-10-4-6-11(7-5-10)25-8-3-9-26-16-12(18)14(20)17(27(22,23)24)15(21)13(16)19/h2,4-7H,1,3,8-9H2,(H,22,23,24). The Morgan fingerprint density at radius 3 is 2.07 bits per heavy atom. The Morgan fingerprint density at radius 2 is 1.59 bits per heavy atom. The van der Waals surface area contributed by atoms with Crippen molar-refractivity contribution in [2.45, 2.75) is 16.2 Å². The molecule has 146 valence electrons. The third-order valence-electron chi connectivity index (χ3n) is 3.36. The van der Waals surface area contributed by atoms with Gasteiger partial charge >= 0.3 is 10.1 Å². The largest absolute Gasteiger partial charge is 0.494 e. The highest BCUT2D eigenvalue weighted by Crippen LogP contribution is 2.33. The maximum Gasteiger partial charge on any atom is 0.300 e. The number of rotatable bonds is 8. The first-order chi connectivity index (χ1) is 12.7. The molecular weight excluding hydrogens is 408 g/mol. The molecule has 2 aromatic carbocycles. The smallest absolute Gasteiger partial charge is 0.300 e. The molecule has 0 amide bonds. The lowest BCUT2D eigenvalue weighted by Gasteiger charge is -2.10. The van der Waals surface area contributed by atoms with Crippen molar-refractivity contribution in [2.75, 3.05) is 12.4 Å². The van der Waals surface area contributed by atoms with Crippen LogP contribution in [0.5, 0.6) is 5.75 Å². The molecule has 2 aromatic rings. The molecule has 0 saturated carbocycles. The molecule has 0 atom stereocenters. The van der Waals surface area contributed by atoms with Gasteiger partial charge in [-0.25, -0.2) is 17.6 Å². The maximum atomic E-state index is 13.9. The summed E-state index contributed by atoms with van der Waals surface area (Å²) in [6, 6.07) is 6.99. The third kappa shape index (κ3) is 5.02. The molecule has 4 nitrogen and oxygen atoms in total. The Labute approximate surface area is 157 Å². The number of hydrogen-bond acceptors (Lipinski definition) is 4. The molecule has 0 aliphatic carbocycles. The highest BCUT2D eigenvalue weighted by molar-refractivity contribution is 7.99. The van der Waals surface area contributed by atoms with Crippen molar-refractivity contribution in [1.82, 2.24) is 0 Å². The van der Waals surface area contributed by atoms with Crippen molar-refractivity contribution in [2.24, 2.45) is 0 Å². The van der Waals surface area contributed by atoms with Gasteiger partial charge < -0.3 is 4.74 Å². The fourth-order valence-corrected chi connectivity index (χ4v) is 3.60. The van der Waals surface area contributed by atoms with Gasteiger partial charge in [0, 0.05) is 5.75 Å². The molecule has 0 saturated heterocycles. The Hall–Kier alpha value is -2.04. The van der Waals surface area contributed by atoms with E-state index < -0.39 is 43.2 Å². The Morgan fingerprint density at radius 1 is 1.04 bits per heavy atom. The van der Waals surface area contributed by atoms with E-state index in [2.05, 4.69) is 6.58 Å². The summed E-state index contributed by atoms with van der Waals surface area (Å²) in [7, 11) is -5.46. The highest BCUT2D eigenvalue weighted by Gasteiger charge is 2.32. The van der Waals surface area contributed by atoms with Crippen LogP contribution in [-0.2, 0) is 10.1 Å². The predicted octanol–water partition coefficient (Wildman–Crippen LogP) is 4.69. The van der Waals surface area contributed by atoms with E-state index in [0.717, 1.165) is 5.56 Å². The first-order valence-electron chi connectivity index (χ1n) is 7.48. The predicted molar refractivity (Wildman–Crippen MR) is 93.5 cm³/mol. The minimum absolute atomic E-state index is 0.0443. The Bertz CT molecular complexity index is 915. The first kappa shape index (κ1) is 21.3. The fraction of sp³-hybridized carbons (Fsp3) is 0.176. The lowest BCUT2D eigenvalue weighted by molar-refractivity contribution is 0.318. The average molecular weight is 422 g/mol. The summed E-state index contributed by atoms with van der Waals surface area (Å²) in [5.74, 6) is -7.49. The maximum absolute atomic E-state index is 13.9. The van der Waals surface area contributed by atoms with E-state index in [1.165, 1.54) is 0 Å². The zero-order chi connectivity index (χ0) is 20.2. The molecule has 2 rings (SSSR count). The van der Waals surface area contributed by atoms with Gasteiger partial charge in [-0.3, -0.25) is 4.55 Å². The molecule has 0 spiro atoms. The molecular formula is C17H14F4O4S2. The van der Waals surface area contributed by atoms with Gasteiger partial charge in [0.1, 0.15) is 5.75 Å². The van der Waals surface area contributed by atoms with Crippen LogP contribution in [0.1, 0.15) is 12.0 Å². The molecule has 0 heterocycles. The highest BCUT2D eigenvalue weighted by atomic mass is 32.2. The lowest BCUT2D eigenvalue weighted by atomic mass is 10.2. The van der Waals surface area contributed by atoms with Crippen molar-refractivity contribution in [3.8, 4) is 5.75 Å². The van der Waals surface area contributed by atoms with Crippen molar-refractivity contribution >= 4 is 28.0 Å². The Kier molecular flexibility index (Phi) is 6.90. The number of halogens is 4. The zero-order valence-electron chi connectivity index (χ0n) is 13.7. The van der Waals surface area contributed by atoms with E-state index in [4.69, 9.17) is 9.29 Å². The second kappa shape index (κ2) is 8.77. The van der Waals surface area contributed by atoms with Crippen molar-refractivity contribution < 1.29 is 35.3 Å². The normalized spacial score (nSPS) is 11.4. The molecule has 10 heteroatoms. The van der Waals surface area contributed by atoms with Gasteiger partial charge in [-0.1, -0.05) is 24.8 Å². The van der Waals surface area contributed by atoms with Crippen LogP contribution in [0, 0.1) is 23.3 Å². The van der Waals surface area contributed by atoms with Crippen LogP contribution in [0.25, 0.3) is 6.08 Å². The lowest BCUT2D eigenvalue weighted by Crippen LogP contribution is -2.11. The van der Waals surface area contributed by atoms with Crippen LogP contribution in [0.3, 0.4) is 0 Å². The van der Waals surface area contributed by atoms with Gasteiger partial charge in [-0.2, -0.15) is 8.42 Å². The minimum atomic E-state index is -5.46. The van der Waals surface area contributed by atoms with Crippen LogP contribution in [-0.4, -0.2) is 25.3 Å². The number of benzene rings is 2. The Balaban J connectivity index is 2.00. The van der Waals surface area contributed by atoms with Gasteiger partial charge in [0.2, 0.25) is 0 Å². The molecule has 0 aromatic heterocycles. The van der Waals surface area contributed by atoms with Gasteiger partial charge in [0.05, 0.1) is 11.5 Å². The monoisotopic (exact) mass is 422 g/mol. The summed E-state index contributed by atoms with van der Waals surface area (Å²) < 4.78 is 91.0. The third-order valence-corrected chi connectivity index (χ3v) is 5.37. The molecule has 0 fully saturated rings. The van der Waals surface area contributed by atoms with E-state index in [1.54, 1.807) is 30.3 Å².